The lowest BCUT2D eigenvalue weighted by Gasteiger charge is -2.15. The molecular weight excluding hydrogens is 567 g/mol. The molecule has 7 nitrogen and oxygen atoms in total. The van der Waals surface area contributed by atoms with Gasteiger partial charge in [-0.2, -0.15) is 5.10 Å². The number of amides is 1. The van der Waals surface area contributed by atoms with Gasteiger partial charge in [0.05, 0.1) is 17.2 Å². The van der Waals surface area contributed by atoms with Crippen molar-refractivity contribution in [2.75, 3.05) is 5.32 Å². The van der Waals surface area contributed by atoms with Gasteiger partial charge in [-0.15, -0.1) is 22.7 Å². The number of benzene rings is 3. The second-order valence-corrected chi connectivity index (χ2v) is 12.8. The molecule has 0 saturated heterocycles. The zero-order valence-corrected chi connectivity index (χ0v) is 24.6. The Morgan fingerprint density at radius 3 is 2.24 bits per heavy atom. The monoisotopic (exact) mass is 593 g/mol. The molecular formula is C33H27N3O4S2. The van der Waals surface area contributed by atoms with Crippen LogP contribution in [0.3, 0.4) is 0 Å². The number of carbonyl (C=O) groups excluding carboxylic acids is 1. The highest BCUT2D eigenvalue weighted by atomic mass is 32.1. The molecule has 3 aromatic heterocycles. The summed E-state index contributed by atoms with van der Waals surface area (Å²) in [5.41, 5.74) is 3.00. The molecule has 1 saturated carbocycles. The van der Waals surface area contributed by atoms with Crippen LogP contribution in [0.5, 0.6) is 0 Å². The number of nitrogens with one attached hydrogen (secondary N) is 1. The van der Waals surface area contributed by atoms with E-state index in [1.54, 1.807) is 40.6 Å². The zero-order valence-electron chi connectivity index (χ0n) is 23.0. The van der Waals surface area contributed by atoms with E-state index in [0.29, 0.717) is 18.7 Å². The van der Waals surface area contributed by atoms with Gasteiger partial charge in [0.1, 0.15) is 11.9 Å². The van der Waals surface area contributed by atoms with Crippen molar-refractivity contribution in [3.63, 3.8) is 0 Å². The number of nitrogens with zero attached hydrogens (tertiary/aromatic N) is 2. The molecule has 1 atom stereocenters. The van der Waals surface area contributed by atoms with Crippen molar-refractivity contribution in [1.29, 1.82) is 0 Å². The Morgan fingerprint density at radius 1 is 0.929 bits per heavy atom. The van der Waals surface area contributed by atoms with Gasteiger partial charge in [0, 0.05) is 26.2 Å². The van der Waals surface area contributed by atoms with E-state index in [-0.39, 0.29) is 0 Å². The summed E-state index contributed by atoms with van der Waals surface area (Å²) in [7, 11) is 1.79. The first kappa shape index (κ1) is 26.4. The molecule has 42 heavy (non-hydrogen) atoms. The molecule has 1 aliphatic carbocycles. The number of carbonyl (C=O) groups is 2. The summed E-state index contributed by atoms with van der Waals surface area (Å²) in [4.78, 5) is 27.0. The maximum absolute atomic E-state index is 12.8. The number of hydrogen-bond donors (Lipinski definition) is 2. The van der Waals surface area contributed by atoms with Gasteiger partial charge < -0.3 is 9.84 Å². The highest BCUT2D eigenvalue weighted by Gasteiger charge is 2.52. The lowest BCUT2D eigenvalue weighted by Crippen LogP contribution is -2.19. The lowest BCUT2D eigenvalue weighted by atomic mass is 9.88. The summed E-state index contributed by atoms with van der Waals surface area (Å²) in [5, 5.41) is 19.3. The minimum atomic E-state index is -0.760. The minimum absolute atomic E-state index is 0.391. The van der Waals surface area contributed by atoms with Crippen LogP contribution in [-0.4, -0.2) is 26.9 Å². The maximum atomic E-state index is 12.8. The van der Waals surface area contributed by atoms with Crippen molar-refractivity contribution in [2.45, 2.75) is 31.3 Å². The normalized spacial score (nSPS) is 14.6. The van der Waals surface area contributed by atoms with Gasteiger partial charge in [0.25, 0.3) is 0 Å². The topological polar surface area (TPSA) is 93.4 Å². The number of aliphatic carboxylic acids is 1. The van der Waals surface area contributed by atoms with E-state index in [2.05, 4.69) is 34.7 Å². The Bertz CT molecular complexity index is 1950. The Balaban J connectivity index is 1.17. The van der Waals surface area contributed by atoms with Gasteiger partial charge >= 0.3 is 12.1 Å². The van der Waals surface area contributed by atoms with Crippen molar-refractivity contribution < 1.29 is 19.4 Å². The van der Waals surface area contributed by atoms with E-state index in [0.717, 1.165) is 52.2 Å². The fourth-order valence-corrected chi connectivity index (χ4v) is 8.05. The van der Waals surface area contributed by atoms with Crippen LogP contribution < -0.4 is 5.32 Å². The van der Waals surface area contributed by atoms with E-state index in [9.17, 15) is 14.7 Å². The number of thiophene rings is 2. The third-order valence-electron chi connectivity index (χ3n) is 8.05. The Morgan fingerprint density at radius 2 is 1.57 bits per heavy atom. The van der Waals surface area contributed by atoms with E-state index in [1.807, 2.05) is 61.5 Å². The van der Waals surface area contributed by atoms with Gasteiger partial charge in [-0.25, -0.2) is 4.79 Å². The Hall–Kier alpha value is -4.47. The van der Waals surface area contributed by atoms with Gasteiger partial charge in [-0.3, -0.25) is 14.8 Å². The Kier molecular flexibility index (Phi) is 6.36. The number of aryl methyl sites for hydroxylation is 1. The number of anilines is 1. The quantitative estimate of drug-likeness (QED) is 0.193. The fraction of sp³-hybridized carbons (Fsp3) is 0.182. The van der Waals surface area contributed by atoms with Gasteiger partial charge in [-0.05, 0) is 59.4 Å². The number of aromatic nitrogens is 2. The second kappa shape index (κ2) is 10.1. The number of rotatable bonds is 7. The molecule has 1 fully saturated rings. The van der Waals surface area contributed by atoms with E-state index in [1.165, 1.54) is 0 Å². The number of ether oxygens (including phenoxy) is 1. The van der Waals surface area contributed by atoms with Crippen LogP contribution in [0.25, 0.3) is 41.1 Å². The molecule has 3 heterocycles. The molecule has 0 bridgehead atoms. The zero-order chi connectivity index (χ0) is 29.0. The van der Waals surface area contributed by atoms with Crippen molar-refractivity contribution in [1.82, 2.24) is 9.78 Å². The molecule has 210 valence electrons. The average molecular weight is 594 g/mol. The summed E-state index contributed by atoms with van der Waals surface area (Å²) in [6.07, 6.45) is 2.19. The molecule has 9 heteroatoms. The van der Waals surface area contributed by atoms with E-state index in [4.69, 9.17) is 4.74 Å². The minimum Gasteiger partial charge on any atom is -0.481 e. The van der Waals surface area contributed by atoms with Gasteiger partial charge in [-0.1, -0.05) is 66.7 Å². The number of carboxylic acid groups (broad SMARTS) is 1. The van der Waals surface area contributed by atoms with Crippen molar-refractivity contribution in [2.24, 2.45) is 7.05 Å². The van der Waals surface area contributed by atoms with Gasteiger partial charge in [0.15, 0.2) is 0 Å². The third-order valence-corrected chi connectivity index (χ3v) is 10.4. The molecule has 0 spiro atoms. The van der Waals surface area contributed by atoms with Crippen LogP contribution in [0.1, 0.15) is 37.0 Å². The average Bonchev–Trinajstić information content (AvgIpc) is 3.40. The summed E-state index contributed by atoms with van der Waals surface area (Å²) in [6, 6.07) is 26.1. The Labute approximate surface area is 250 Å². The van der Waals surface area contributed by atoms with Crippen molar-refractivity contribution in [3.8, 4) is 20.9 Å². The van der Waals surface area contributed by atoms with Crippen LogP contribution in [-0.2, 0) is 22.0 Å². The standard InChI is InChI=1S/C33H27N3O4S2/c1-19(20-8-4-3-5-9-20)40-32(39)35-30-24(18-34-36(30)2)27-17-29-28(42-27)16-26(41-29)23-12-13-25(33(14-15-33)31(37)38)22-11-7-6-10-21(22)23/h3-13,16-19H,14-15H2,1-2H3,(H,35,39)(H,37,38)/t19-/m1/s1. The van der Waals surface area contributed by atoms with Crippen molar-refractivity contribution in [3.05, 3.63) is 96.2 Å². The van der Waals surface area contributed by atoms with Gasteiger partial charge in [0.2, 0.25) is 0 Å². The predicted molar refractivity (Wildman–Crippen MR) is 168 cm³/mol. The molecule has 6 aromatic rings. The highest BCUT2D eigenvalue weighted by molar-refractivity contribution is 7.31. The van der Waals surface area contributed by atoms with Crippen LogP contribution in [0.4, 0.5) is 10.6 Å². The SMILES string of the molecule is C[C@@H](OC(=O)Nc1c(-c2cc3sc(-c4ccc(C5(C(=O)O)CC5)c5ccccc45)cc3s2)cnn1C)c1ccccc1. The maximum Gasteiger partial charge on any atom is 0.413 e. The van der Waals surface area contributed by atoms with Crippen LogP contribution in [0.2, 0.25) is 0 Å². The molecule has 0 aliphatic heterocycles. The summed E-state index contributed by atoms with van der Waals surface area (Å²) < 4.78 is 9.54. The molecule has 0 radical (unpaired) electrons. The van der Waals surface area contributed by atoms with Crippen LogP contribution >= 0.6 is 22.7 Å². The molecule has 3 aromatic carbocycles. The number of hydrogen-bond acceptors (Lipinski definition) is 6. The lowest BCUT2D eigenvalue weighted by molar-refractivity contribution is -0.140. The van der Waals surface area contributed by atoms with Crippen molar-refractivity contribution >= 4 is 60.7 Å². The third kappa shape index (κ3) is 4.45. The number of fused-ring (bicyclic) bond motifs is 2. The van der Waals surface area contributed by atoms with E-state index >= 15 is 0 Å². The first-order valence-corrected chi connectivity index (χ1v) is 15.3. The fourth-order valence-electron chi connectivity index (χ4n) is 5.60. The van der Waals surface area contributed by atoms with Crippen LogP contribution in [0.15, 0.2) is 85.1 Å². The molecule has 7 rings (SSSR count). The number of carboxylic acids is 1. The van der Waals surface area contributed by atoms with E-state index < -0.39 is 23.6 Å². The largest absolute Gasteiger partial charge is 0.481 e. The first-order chi connectivity index (χ1) is 20.3. The molecule has 0 unspecified atom stereocenters. The molecule has 2 N–H and O–H groups in total. The first-order valence-electron chi connectivity index (χ1n) is 13.7. The predicted octanol–water partition coefficient (Wildman–Crippen LogP) is 8.61. The molecule has 1 aliphatic rings. The molecule has 1 amide bonds. The summed E-state index contributed by atoms with van der Waals surface area (Å²) >= 11 is 3.35. The summed E-state index contributed by atoms with van der Waals surface area (Å²) in [6.45, 7) is 1.84. The smallest absolute Gasteiger partial charge is 0.413 e. The highest BCUT2D eigenvalue weighted by Crippen LogP contribution is 2.52. The second-order valence-electron chi connectivity index (χ2n) is 10.7. The summed E-state index contributed by atoms with van der Waals surface area (Å²) in [5.74, 6) is -0.170. The van der Waals surface area contributed by atoms with Crippen LogP contribution in [0, 0.1) is 0 Å².